The van der Waals surface area contributed by atoms with Gasteiger partial charge in [-0.15, -0.1) is 11.3 Å². The van der Waals surface area contributed by atoms with Crippen LogP contribution in [0, 0.1) is 5.92 Å². The Kier molecular flexibility index (Phi) is 3.64. The predicted octanol–water partition coefficient (Wildman–Crippen LogP) is 2.23. The van der Waals surface area contributed by atoms with Crippen LogP contribution in [0.25, 0.3) is 0 Å². The molecule has 0 unspecified atom stereocenters. The van der Waals surface area contributed by atoms with Crippen LogP contribution in [0.2, 0.25) is 0 Å². The molecule has 1 aliphatic rings. The molecule has 13 heavy (non-hydrogen) atoms. The van der Waals surface area contributed by atoms with Crippen molar-refractivity contribution in [3.05, 3.63) is 11.6 Å². The lowest BCUT2D eigenvalue weighted by atomic mass is 10.4. The molecule has 1 fully saturated rings. The van der Waals surface area contributed by atoms with Gasteiger partial charge in [-0.25, -0.2) is 4.98 Å². The Morgan fingerprint density at radius 1 is 1.62 bits per heavy atom. The molecule has 1 aliphatic carbocycles. The maximum atomic E-state index is 4.22. The molecule has 4 heteroatoms. The van der Waals surface area contributed by atoms with Gasteiger partial charge in [0.25, 0.3) is 0 Å². The van der Waals surface area contributed by atoms with Gasteiger partial charge in [-0.1, -0.05) is 11.8 Å². The summed E-state index contributed by atoms with van der Waals surface area (Å²) in [5.74, 6) is 2.13. The molecule has 72 valence electrons. The minimum atomic E-state index is 0.991. The molecule has 0 atom stereocenters. The fraction of sp³-hybridized carbons (Fsp3) is 0.667. The third kappa shape index (κ3) is 3.67. The number of rotatable bonds is 6. The van der Waals surface area contributed by atoms with Gasteiger partial charge in [0.05, 0.1) is 0 Å². The highest BCUT2D eigenvalue weighted by Gasteiger charge is 2.19. The molecule has 1 aromatic heterocycles. The number of thiazole rings is 1. The van der Waals surface area contributed by atoms with Gasteiger partial charge in [-0.05, 0) is 25.3 Å². The smallest absolute Gasteiger partial charge is 0.149 e. The van der Waals surface area contributed by atoms with Crippen molar-refractivity contribution in [3.63, 3.8) is 0 Å². The average Bonchev–Trinajstić information content (AvgIpc) is 2.81. The Labute approximate surface area is 87.1 Å². The second-order valence-corrected chi connectivity index (χ2v) is 5.53. The molecule has 0 aliphatic heterocycles. The first-order valence-corrected chi connectivity index (χ1v) is 6.54. The Morgan fingerprint density at radius 3 is 3.23 bits per heavy atom. The van der Waals surface area contributed by atoms with E-state index >= 15 is 0 Å². The highest BCUT2D eigenvalue weighted by atomic mass is 32.2. The van der Waals surface area contributed by atoms with Crippen molar-refractivity contribution in [1.29, 1.82) is 0 Å². The molecule has 0 radical (unpaired) electrons. The van der Waals surface area contributed by atoms with Gasteiger partial charge < -0.3 is 5.32 Å². The standard InChI is InChI=1S/C9H14N2S2/c1-2-8(1)7-10-3-5-12-9-11-4-6-13-9/h4,6,8,10H,1-3,5,7H2. The van der Waals surface area contributed by atoms with E-state index < -0.39 is 0 Å². The van der Waals surface area contributed by atoms with E-state index in [0.717, 1.165) is 18.2 Å². The van der Waals surface area contributed by atoms with Gasteiger partial charge >= 0.3 is 0 Å². The largest absolute Gasteiger partial charge is 0.316 e. The Balaban J connectivity index is 1.48. The Hall–Kier alpha value is -0.0600. The first-order chi connectivity index (χ1) is 6.45. The lowest BCUT2D eigenvalue weighted by molar-refractivity contribution is 0.666. The second kappa shape index (κ2) is 4.98. The molecular weight excluding hydrogens is 200 g/mol. The minimum Gasteiger partial charge on any atom is -0.316 e. The fourth-order valence-corrected chi connectivity index (χ4v) is 2.73. The molecule has 1 heterocycles. The Morgan fingerprint density at radius 2 is 2.54 bits per heavy atom. The summed E-state index contributed by atoms with van der Waals surface area (Å²) < 4.78 is 1.19. The van der Waals surface area contributed by atoms with Crippen LogP contribution in [-0.2, 0) is 0 Å². The van der Waals surface area contributed by atoms with Crippen molar-refractivity contribution in [3.8, 4) is 0 Å². The third-order valence-electron chi connectivity index (χ3n) is 2.04. The second-order valence-electron chi connectivity index (χ2n) is 3.29. The number of nitrogens with zero attached hydrogens (tertiary/aromatic N) is 1. The SMILES string of the molecule is c1csc(SCCNCC2CC2)n1. The summed E-state index contributed by atoms with van der Waals surface area (Å²) in [6.07, 6.45) is 4.74. The van der Waals surface area contributed by atoms with Crippen molar-refractivity contribution in [2.75, 3.05) is 18.8 Å². The zero-order valence-electron chi connectivity index (χ0n) is 7.53. The summed E-state index contributed by atoms with van der Waals surface area (Å²) in [6, 6.07) is 0. The zero-order chi connectivity index (χ0) is 8.93. The summed E-state index contributed by atoms with van der Waals surface area (Å²) in [5, 5.41) is 5.49. The minimum absolute atomic E-state index is 0.991. The average molecular weight is 214 g/mol. The summed E-state index contributed by atoms with van der Waals surface area (Å²) >= 11 is 3.57. The number of aromatic nitrogens is 1. The van der Waals surface area contributed by atoms with E-state index in [1.54, 1.807) is 11.3 Å². The summed E-state index contributed by atoms with van der Waals surface area (Å²) in [7, 11) is 0. The van der Waals surface area contributed by atoms with E-state index in [2.05, 4.69) is 10.3 Å². The lowest BCUT2D eigenvalue weighted by Gasteiger charge is -2.00. The lowest BCUT2D eigenvalue weighted by Crippen LogP contribution is -2.19. The summed E-state index contributed by atoms with van der Waals surface area (Å²) in [5.41, 5.74) is 0. The summed E-state index contributed by atoms with van der Waals surface area (Å²) in [4.78, 5) is 4.22. The first kappa shape index (κ1) is 9.49. The van der Waals surface area contributed by atoms with Crippen molar-refractivity contribution in [2.24, 2.45) is 5.92 Å². The predicted molar refractivity (Wildman–Crippen MR) is 58.4 cm³/mol. The van der Waals surface area contributed by atoms with E-state index in [0.29, 0.717) is 0 Å². The number of thioether (sulfide) groups is 1. The van der Waals surface area contributed by atoms with Gasteiger partial charge in [0.1, 0.15) is 4.34 Å². The van der Waals surface area contributed by atoms with Gasteiger partial charge in [0.15, 0.2) is 0 Å². The molecule has 0 saturated heterocycles. The molecule has 2 rings (SSSR count). The first-order valence-electron chi connectivity index (χ1n) is 4.68. The van der Waals surface area contributed by atoms with E-state index in [1.807, 2.05) is 23.3 Å². The molecule has 0 aromatic carbocycles. The van der Waals surface area contributed by atoms with Gasteiger partial charge in [0, 0.05) is 23.9 Å². The van der Waals surface area contributed by atoms with E-state index in [9.17, 15) is 0 Å². The normalized spacial score (nSPS) is 16.3. The topological polar surface area (TPSA) is 24.9 Å². The van der Waals surface area contributed by atoms with E-state index in [1.165, 1.54) is 23.7 Å². The molecule has 1 aromatic rings. The molecule has 2 nitrogen and oxygen atoms in total. The quantitative estimate of drug-likeness (QED) is 0.580. The molecule has 1 saturated carbocycles. The van der Waals surface area contributed by atoms with Crippen LogP contribution in [0.1, 0.15) is 12.8 Å². The van der Waals surface area contributed by atoms with Crippen LogP contribution in [0.5, 0.6) is 0 Å². The van der Waals surface area contributed by atoms with Crippen LogP contribution >= 0.6 is 23.1 Å². The highest BCUT2D eigenvalue weighted by molar-refractivity contribution is 8.01. The van der Waals surface area contributed by atoms with Crippen molar-refractivity contribution < 1.29 is 0 Å². The maximum Gasteiger partial charge on any atom is 0.149 e. The van der Waals surface area contributed by atoms with Crippen LogP contribution in [0.3, 0.4) is 0 Å². The maximum absolute atomic E-state index is 4.22. The van der Waals surface area contributed by atoms with Crippen LogP contribution in [0.4, 0.5) is 0 Å². The molecular formula is C9H14N2S2. The van der Waals surface area contributed by atoms with Crippen molar-refractivity contribution in [2.45, 2.75) is 17.2 Å². The van der Waals surface area contributed by atoms with E-state index in [4.69, 9.17) is 0 Å². The highest BCUT2D eigenvalue weighted by Crippen LogP contribution is 2.27. The Bertz CT molecular complexity index is 232. The molecule has 1 N–H and O–H groups in total. The molecule has 0 amide bonds. The van der Waals surface area contributed by atoms with Crippen LogP contribution < -0.4 is 5.32 Å². The monoisotopic (exact) mass is 214 g/mol. The summed E-state index contributed by atoms with van der Waals surface area (Å²) in [6.45, 7) is 2.33. The van der Waals surface area contributed by atoms with E-state index in [-0.39, 0.29) is 0 Å². The van der Waals surface area contributed by atoms with Crippen LogP contribution in [0.15, 0.2) is 15.9 Å². The van der Waals surface area contributed by atoms with Crippen molar-refractivity contribution >= 4 is 23.1 Å². The third-order valence-corrected chi connectivity index (χ3v) is 4.01. The molecule has 0 spiro atoms. The number of hydrogen-bond donors (Lipinski definition) is 1. The number of nitrogens with one attached hydrogen (secondary N) is 1. The van der Waals surface area contributed by atoms with Crippen molar-refractivity contribution in [1.82, 2.24) is 10.3 Å². The fourth-order valence-electron chi connectivity index (χ4n) is 1.12. The molecule has 0 bridgehead atoms. The number of hydrogen-bond acceptors (Lipinski definition) is 4. The van der Waals surface area contributed by atoms with Gasteiger partial charge in [-0.2, -0.15) is 0 Å². The van der Waals surface area contributed by atoms with Crippen LogP contribution in [-0.4, -0.2) is 23.8 Å². The van der Waals surface area contributed by atoms with Gasteiger partial charge in [-0.3, -0.25) is 0 Å². The van der Waals surface area contributed by atoms with Gasteiger partial charge in [0.2, 0.25) is 0 Å². The zero-order valence-corrected chi connectivity index (χ0v) is 9.16.